The highest BCUT2D eigenvalue weighted by atomic mass is 32.2. The minimum absolute atomic E-state index is 0.114. The van der Waals surface area contributed by atoms with E-state index in [-0.39, 0.29) is 5.75 Å². The minimum Gasteiger partial charge on any atom is -0.314 e. The Kier molecular flexibility index (Phi) is 5.75. The molecule has 0 unspecified atom stereocenters. The molecule has 0 saturated heterocycles. The summed E-state index contributed by atoms with van der Waals surface area (Å²) < 4.78 is 24.2. The molecule has 0 aromatic carbocycles. The van der Waals surface area contributed by atoms with Crippen LogP contribution in [0.4, 0.5) is 0 Å². The Bertz CT molecular complexity index is 470. The van der Waals surface area contributed by atoms with Crippen LogP contribution in [-0.4, -0.2) is 31.7 Å². The second kappa shape index (κ2) is 6.85. The highest BCUT2D eigenvalue weighted by Gasteiger charge is 2.15. The zero-order valence-electron chi connectivity index (χ0n) is 11.3. The van der Waals surface area contributed by atoms with E-state index in [2.05, 4.69) is 17.2 Å². The van der Waals surface area contributed by atoms with Crippen LogP contribution in [0.5, 0.6) is 0 Å². The van der Waals surface area contributed by atoms with Gasteiger partial charge in [0.05, 0.1) is 10.6 Å². The van der Waals surface area contributed by atoms with Gasteiger partial charge in [-0.1, -0.05) is 27.2 Å². The molecule has 1 heterocycles. The van der Waals surface area contributed by atoms with Crippen molar-refractivity contribution in [2.45, 2.75) is 44.6 Å². The van der Waals surface area contributed by atoms with Gasteiger partial charge >= 0.3 is 0 Å². The van der Waals surface area contributed by atoms with Gasteiger partial charge in [0.2, 0.25) is 0 Å². The lowest BCUT2D eigenvalue weighted by Crippen LogP contribution is -2.28. The molecule has 0 aliphatic heterocycles. The first-order valence-electron chi connectivity index (χ1n) is 6.35. The predicted molar refractivity (Wildman–Crippen MR) is 73.4 cm³/mol. The Morgan fingerprint density at radius 3 is 2.67 bits per heavy atom. The lowest BCUT2D eigenvalue weighted by molar-refractivity contribution is 0.577. The summed E-state index contributed by atoms with van der Waals surface area (Å²) in [6.07, 6.45) is 5.01. The summed E-state index contributed by atoms with van der Waals surface area (Å²) in [6.45, 7) is 6.53. The molecule has 0 bridgehead atoms. The number of aromatic nitrogens is 1. The summed E-state index contributed by atoms with van der Waals surface area (Å²) in [5.41, 5.74) is 0.982. The number of pyridine rings is 1. The van der Waals surface area contributed by atoms with Crippen LogP contribution in [0.3, 0.4) is 0 Å². The second-order valence-electron chi connectivity index (χ2n) is 4.71. The van der Waals surface area contributed by atoms with Gasteiger partial charge < -0.3 is 5.32 Å². The molecule has 1 aromatic heterocycles. The second-order valence-corrected chi connectivity index (χ2v) is 6.82. The Morgan fingerprint density at radius 1 is 1.33 bits per heavy atom. The molecule has 0 amide bonds. The molecule has 0 spiro atoms. The monoisotopic (exact) mass is 270 g/mol. The molecule has 0 radical (unpaired) electrons. The van der Waals surface area contributed by atoms with Crippen molar-refractivity contribution >= 4 is 9.84 Å². The fourth-order valence-electron chi connectivity index (χ4n) is 1.66. The molecular weight excluding hydrogens is 248 g/mol. The van der Waals surface area contributed by atoms with Crippen LogP contribution in [0.1, 0.15) is 32.8 Å². The molecule has 1 aromatic rings. The lowest BCUT2D eigenvalue weighted by atomic mass is 10.2. The van der Waals surface area contributed by atoms with Crippen LogP contribution in [0.2, 0.25) is 0 Å². The summed E-state index contributed by atoms with van der Waals surface area (Å²) in [4.78, 5) is 4.35. The number of hydrogen-bond acceptors (Lipinski definition) is 4. The zero-order valence-corrected chi connectivity index (χ0v) is 12.1. The Balaban J connectivity index is 2.75. The number of rotatable bonds is 7. The van der Waals surface area contributed by atoms with Gasteiger partial charge in [-0.15, -0.1) is 0 Å². The van der Waals surface area contributed by atoms with Crippen molar-refractivity contribution in [3.8, 4) is 0 Å². The van der Waals surface area contributed by atoms with Crippen LogP contribution < -0.4 is 5.32 Å². The fraction of sp³-hybridized carbons (Fsp3) is 0.615. The van der Waals surface area contributed by atoms with E-state index < -0.39 is 9.84 Å². The third-order valence-electron chi connectivity index (χ3n) is 2.59. The van der Waals surface area contributed by atoms with E-state index >= 15 is 0 Å². The molecular formula is C13H22N2O2S. The van der Waals surface area contributed by atoms with E-state index in [9.17, 15) is 8.42 Å². The summed E-state index contributed by atoms with van der Waals surface area (Å²) >= 11 is 0. The van der Waals surface area contributed by atoms with E-state index in [0.29, 0.717) is 17.5 Å². The maximum absolute atomic E-state index is 12.1. The zero-order chi connectivity index (χ0) is 13.6. The molecule has 1 N–H and O–H groups in total. The minimum atomic E-state index is -3.22. The quantitative estimate of drug-likeness (QED) is 0.821. The van der Waals surface area contributed by atoms with Gasteiger partial charge in [-0.25, -0.2) is 8.42 Å². The fourth-order valence-corrected chi connectivity index (χ4v) is 2.83. The number of hydrogen-bond donors (Lipinski definition) is 1. The standard InChI is InChI=1S/C13H22N2O2S/c1-4-5-12-8-13(10-14-9-12)18(16,17)7-6-15-11(2)3/h8-11,15H,4-7H2,1-3H3. The molecule has 0 fully saturated rings. The van der Waals surface area contributed by atoms with Crippen LogP contribution in [-0.2, 0) is 16.3 Å². The lowest BCUT2D eigenvalue weighted by Gasteiger charge is -2.09. The van der Waals surface area contributed by atoms with Crippen molar-refractivity contribution in [3.05, 3.63) is 24.0 Å². The third-order valence-corrected chi connectivity index (χ3v) is 4.27. The Morgan fingerprint density at radius 2 is 2.06 bits per heavy atom. The molecule has 0 saturated carbocycles. The molecule has 0 aliphatic rings. The van der Waals surface area contributed by atoms with Gasteiger partial charge in [-0.05, 0) is 18.1 Å². The highest BCUT2D eigenvalue weighted by Crippen LogP contribution is 2.12. The molecule has 4 nitrogen and oxygen atoms in total. The van der Waals surface area contributed by atoms with Crippen molar-refractivity contribution in [3.63, 3.8) is 0 Å². The Hall–Kier alpha value is -0.940. The van der Waals surface area contributed by atoms with Gasteiger partial charge in [-0.2, -0.15) is 0 Å². The number of nitrogens with zero attached hydrogens (tertiary/aromatic N) is 1. The van der Waals surface area contributed by atoms with Gasteiger partial charge in [0.15, 0.2) is 9.84 Å². The number of sulfone groups is 1. The van der Waals surface area contributed by atoms with Crippen LogP contribution in [0.15, 0.2) is 23.4 Å². The largest absolute Gasteiger partial charge is 0.314 e. The Labute approximate surface area is 110 Å². The van der Waals surface area contributed by atoms with E-state index in [1.54, 1.807) is 12.3 Å². The molecule has 18 heavy (non-hydrogen) atoms. The van der Waals surface area contributed by atoms with Gasteiger partial charge in [-0.3, -0.25) is 4.98 Å². The van der Waals surface area contributed by atoms with Crippen molar-refractivity contribution in [1.82, 2.24) is 10.3 Å². The summed E-state index contributed by atoms with van der Waals surface area (Å²) in [7, 11) is -3.22. The van der Waals surface area contributed by atoms with E-state index in [0.717, 1.165) is 18.4 Å². The molecule has 5 heteroatoms. The molecule has 1 rings (SSSR count). The van der Waals surface area contributed by atoms with Crippen molar-refractivity contribution in [2.24, 2.45) is 0 Å². The summed E-state index contributed by atoms with van der Waals surface area (Å²) in [5.74, 6) is 0.114. The first-order valence-corrected chi connectivity index (χ1v) is 8.01. The topological polar surface area (TPSA) is 59.1 Å². The smallest absolute Gasteiger partial charge is 0.181 e. The average molecular weight is 270 g/mol. The molecule has 0 aliphatic carbocycles. The van der Waals surface area contributed by atoms with E-state index in [1.807, 2.05) is 13.8 Å². The average Bonchev–Trinajstić information content (AvgIpc) is 2.29. The maximum atomic E-state index is 12.1. The van der Waals surface area contributed by atoms with Gasteiger partial charge in [0.1, 0.15) is 0 Å². The third kappa shape index (κ3) is 4.74. The van der Waals surface area contributed by atoms with Crippen LogP contribution in [0, 0.1) is 0 Å². The first-order chi connectivity index (χ1) is 8.45. The molecule has 102 valence electrons. The summed E-state index contributed by atoms with van der Waals surface area (Å²) in [5, 5.41) is 3.11. The summed E-state index contributed by atoms with van der Waals surface area (Å²) in [6, 6.07) is 2.03. The van der Waals surface area contributed by atoms with Crippen LogP contribution in [0.25, 0.3) is 0 Å². The highest BCUT2D eigenvalue weighted by molar-refractivity contribution is 7.91. The van der Waals surface area contributed by atoms with Crippen LogP contribution >= 0.6 is 0 Å². The number of nitrogens with one attached hydrogen (secondary N) is 1. The molecule has 0 atom stereocenters. The van der Waals surface area contributed by atoms with E-state index in [1.165, 1.54) is 6.20 Å². The first kappa shape index (κ1) is 15.1. The van der Waals surface area contributed by atoms with E-state index in [4.69, 9.17) is 0 Å². The predicted octanol–water partition coefficient (Wildman–Crippen LogP) is 1.81. The van der Waals surface area contributed by atoms with Crippen molar-refractivity contribution in [1.29, 1.82) is 0 Å². The van der Waals surface area contributed by atoms with Gasteiger partial charge in [0.25, 0.3) is 0 Å². The van der Waals surface area contributed by atoms with Crippen molar-refractivity contribution < 1.29 is 8.42 Å². The number of aryl methyl sites for hydroxylation is 1. The SMILES string of the molecule is CCCc1cncc(S(=O)(=O)CCNC(C)C)c1. The normalized spacial score (nSPS) is 12.0. The van der Waals surface area contributed by atoms with Crippen molar-refractivity contribution in [2.75, 3.05) is 12.3 Å². The maximum Gasteiger partial charge on any atom is 0.181 e. The van der Waals surface area contributed by atoms with Gasteiger partial charge in [0, 0.05) is 25.0 Å².